The molecular weight excluding hydrogens is 216 g/mol. The van der Waals surface area contributed by atoms with E-state index in [1.807, 2.05) is 0 Å². The van der Waals surface area contributed by atoms with E-state index < -0.39 is 16.1 Å². The molecule has 0 radical (unpaired) electrons. The van der Waals surface area contributed by atoms with Crippen LogP contribution in [0.25, 0.3) is 0 Å². The first-order valence-electron chi connectivity index (χ1n) is 4.37. The molecule has 0 fully saturated rings. The van der Waals surface area contributed by atoms with Crippen molar-refractivity contribution in [3.05, 3.63) is 29.8 Å². The number of nitrogens with two attached hydrogens (primary N) is 1. The smallest absolute Gasteiger partial charge is 0.229 e. The van der Waals surface area contributed by atoms with Crippen LogP contribution in [-0.4, -0.2) is 26.4 Å². The summed E-state index contributed by atoms with van der Waals surface area (Å²) < 4.78 is 24.4. The summed E-state index contributed by atoms with van der Waals surface area (Å²) in [6.07, 6.45) is 1.06. The Kier molecular flexibility index (Phi) is 3.67. The molecule has 0 heterocycles. The molecule has 0 bridgehead atoms. The van der Waals surface area contributed by atoms with Gasteiger partial charge in [0.2, 0.25) is 10.0 Å². The maximum atomic E-state index is 11.0. The van der Waals surface area contributed by atoms with Crippen molar-refractivity contribution in [2.24, 2.45) is 5.73 Å². The molecule has 4 N–H and O–H groups in total. The Hall–Kier alpha value is -1.11. The van der Waals surface area contributed by atoms with Crippen molar-refractivity contribution in [2.75, 3.05) is 17.6 Å². The predicted octanol–water partition coefficient (Wildman–Crippen LogP) is 0.0502. The number of anilines is 1. The van der Waals surface area contributed by atoms with Gasteiger partial charge in [-0.15, -0.1) is 0 Å². The van der Waals surface area contributed by atoms with E-state index in [0.717, 1.165) is 6.26 Å². The standard InChI is InChI=1S/C9H14N2O3S/c1-15(13,14)11-9-5-3-2-4-7(9)8(10)6-12/h2-5,8,11-12H,6,10H2,1H3. The quantitative estimate of drug-likeness (QED) is 0.681. The van der Waals surface area contributed by atoms with Gasteiger partial charge >= 0.3 is 0 Å². The zero-order chi connectivity index (χ0) is 11.5. The molecule has 0 spiro atoms. The fourth-order valence-corrected chi connectivity index (χ4v) is 1.80. The topological polar surface area (TPSA) is 92.4 Å². The van der Waals surface area contributed by atoms with Gasteiger partial charge in [0.15, 0.2) is 0 Å². The number of benzene rings is 1. The third-order valence-electron chi connectivity index (χ3n) is 1.85. The predicted molar refractivity (Wildman–Crippen MR) is 58.9 cm³/mol. The highest BCUT2D eigenvalue weighted by molar-refractivity contribution is 7.92. The maximum absolute atomic E-state index is 11.0. The van der Waals surface area contributed by atoms with Gasteiger partial charge < -0.3 is 10.8 Å². The lowest BCUT2D eigenvalue weighted by Crippen LogP contribution is -2.18. The molecule has 0 saturated heterocycles. The second-order valence-electron chi connectivity index (χ2n) is 3.25. The summed E-state index contributed by atoms with van der Waals surface area (Å²) in [6.45, 7) is -0.234. The first-order chi connectivity index (χ1) is 6.94. The Morgan fingerprint density at radius 1 is 1.47 bits per heavy atom. The van der Waals surface area contributed by atoms with Crippen LogP contribution in [0.5, 0.6) is 0 Å². The van der Waals surface area contributed by atoms with Crippen LogP contribution in [0.15, 0.2) is 24.3 Å². The molecule has 84 valence electrons. The maximum Gasteiger partial charge on any atom is 0.229 e. The fraction of sp³-hybridized carbons (Fsp3) is 0.333. The van der Waals surface area contributed by atoms with Gasteiger partial charge in [0.25, 0.3) is 0 Å². The van der Waals surface area contributed by atoms with Crippen molar-refractivity contribution < 1.29 is 13.5 Å². The van der Waals surface area contributed by atoms with Crippen LogP contribution in [0, 0.1) is 0 Å². The molecule has 0 aliphatic rings. The molecule has 0 aromatic heterocycles. The zero-order valence-corrected chi connectivity index (χ0v) is 9.16. The van der Waals surface area contributed by atoms with Crippen molar-refractivity contribution in [1.82, 2.24) is 0 Å². The minimum Gasteiger partial charge on any atom is -0.394 e. The van der Waals surface area contributed by atoms with Crippen molar-refractivity contribution in [1.29, 1.82) is 0 Å². The first kappa shape index (κ1) is 12.0. The molecule has 1 aromatic rings. The van der Waals surface area contributed by atoms with Gasteiger partial charge in [-0.1, -0.05) is 18.2 Å². The number of hydrogen-bond donors (Lipinski definition) is 3. The number of sulfonamides is 1. The van der Waals surface area contributed by atoms with Crippen LogP contribution in [0.2, 0.25) is 0 Å². The van der Waals surface area contributed by atoms with Crippen molar-refractivity contribution in [3.63, 3.8) is 0 Å². The molecule has 5 nitrogen and oxygen atoms in total. The van der Waals surface area contributed by atoms with E-state index in [1.54, 1.807) is 24.3 Å². The Labute approximate surface area is 89.0 Å². The summed E-state index contributed by atoms with van der Waals surface area (Å²) in [5.41, 5.74) is 6.61. The molecule has 0 saturated carbocycles. The summed E-state index contributed by atoms with van der Waals surface area (Å²) >= 11 is 0. The first-order valence-corrected chi connectivity index (χ1v) is 6.26. The number of nitrogens with one attached hydrogen (secondary N) is 1. The zero-order valence-electron chi connectivity index (χ0n) is 8.34. The second kappa shape index (κ2) is 4.61. The van der Waals surface area contributed by atoms with E-state index in [4.69, 9.17) is 10.8 Å². The Morgan fingerprint density at radius 3 is 2.60 bits per heavy atom. The SMILES string of the molecule is CS(=O)(=O)Nc1ccccc1C(N)CO. The molecule has 1 unspecified atom stereocenters. The highest BCUT2D eigenvalue weighted by Gasteiger charge is 2.11. The van der Waals surface area contributed by atoms with Crippen LogP contribution in [0.1, 0.15) is 11.6 Å². The van der Waals surface area contributed by atoms with E-state index >= 15 is 0 Å². The minimum atomic E-state index is -3.33. The molecular formula is C9H14N2O3S. The summed E-state index contributed by atoms with van der Waals surface area (Å²) in [5, 5.41) is 8.91. The highest BCUT2D eigenvalue weighted by atomic mass is 32.2. The lowest BCUT2D eigenvalue weighted by atomic mass is 10.1. The molecule has 1 aromatic carbocycles. The molecule has 1 rings (SSSR count). The third kappa shape index (κ3) is 3.50. The van der Waals surface area contributed by atoms with E-state index in [9.17, 15) is 8.42 Å². The molecule has 0 aliphatic carbocycles. The Morgan fingerprint density at radius 2 is 2.07 bits per heavy atom. The molecule has 1 atom stereocenters. The lowest BCUT2D eigenvalue weighted by Gasteiger charge is -2.14. The second-order valence-corrected chi connectivity index (χ2v) is 5.00. The average Bonchev–Trinajstić information content (AvgIpc) is 2.15. The number of para-hydroxylation sites is 1. The van der Waals surface area contributed by atoms with Gasteiger partial charge in [0.05, 0.1) is 24.6 Å². The van der Waals surface area contributed by atoms with Gasteiger partial charge in [-0.3, -0.25) is 4.72 Å². The fourth-order valence-electron chi connectivity index (χ4n) is 1.21. The molecule has 15 heavy (non-hydrogen) atoms. The van der Waals surface area contributed by atoms with E-state index in [2.05, 4.69) is 4.72 Å². The van der Waals surface area contributed by atoms with Crippen LogP contribution in [0.3, 0.4) is 0 Å². The summed E-state index contributed by atoms with van der Waals surface area (Å²) in [4.78, 5) is 0. The van der Waals surface area contributed by atoms with E-state index in [-0.39, 0.29) is 6.61 Å². The van der Waals surface area contributed by atoms with Crippen LogP contribution < -0.4 is 10.5 Å². The summed E-state index contributed by atoms with van der Waals surface area (Å²) in [7, 11) is -3.33. The van der Waals surface area contributed by atoms with Gasteiger partial charge in [0.1, 0.15) is 0 Å². The van der Waals surface area contributed by atoms with Gasteiger partial charge in [-0.25, -0.2) is 8.42 Å². The van der Waals surface area contributed by atoms with E-state index in [1.165, 1.54) is 0 Å². The number of aliphatic hydroxyl groups is 1. The Balaban J connectivity index is 3.07. The van der Waals surface area contributed by atoms with Crippen LogP contribution in [0.4, 0.5) is 5.69 Å². The van der Waals surface area contributed by atoms with Gasteiger partial charge in [0, 0.05) is 0 Å². The molecule has 0 aliphatic heterocycles. The van der Waals surface area contributed by atoms with Gasteiger partial charge in [-0.2, -0.15) is 0 Å². The van der Waals surface area contributed by atoms with Crippen LogP contribution in [-0.2, 0) is 10.0 Å². The highest BCUT2D eigenvalue weighted by Crippen LogP contribution is 2.21. The van der Waals surface area contributed by atoms with Crippen molar-refractivity contribution in [3.8, 4) is 0 Å². The normalized spacial score (nSPS) is 13.5. The number of rotatable bonds is 4. The summed E-state index contributed by atoms with van der Waals surface area (Å²) in [5.74, 6) is 0. The van der Waals surface area contributed by atoms with E-state index in [0.29, 0.717) is 11.3 Å². The number of hydrogen-bond acceptors (Lipinski definition) is 4. The van der Waals surface area contributed by atoms with Crippen molar-refractivity contribution >= 4 is 15.7 Å². The lowest BCUT2D eigenvalue weighted by molar-refractivity contribution is 0.268. The minimum absolute atomic E-state index is 0.234. The monoisotopic (exact) mass is 230 g/mol. The summed E-state index contributed by atoms with van der Waals surface area (Å²) in [6, 6.07) is 6.12. The molecule has 6 heteroatoms. The largest absolute Gasteiger partial charge is 0.394 e. The average molecular weight is 230 g/mol. The third-order valence-corrected chi connectivity index (χ3v) is 2.44. The van der Waals surface area contributed by atoms with Gasteiger partial charge in [-0.05, 0) is 11.6 Å². The van der Waals surface area contributed by atoms with Crippen LogP contribution >= 0.6 is 0 Å². The Bertz CT molecular complexity index is 431. The number of aliphatic hydroxyl groups excluding tert-OH is 1. The molecule has 0 amide bonds. The van der Waals surface area contributed by atoms with Crippen molar-refractivity contribution in [2.45, 2.75) is 6.04 Å².